The molecule has 0 saturated carbocycles. The summed E-state index contributed by atoms with van der Waals surface area (Å²) in [6.07, 6.45) is 1.25. The van der Waals surface area contributed by atoms with E-state index in [2.05, 4.69) is 5.32 Å². The van der Waals surface area contributed by atoms with Gasteiger partial charge in [-0.1, -0.05) is 23.7 Å². The van der Waals surface area contributed by atoms with E-state index < -0.39 is 5.82 Å². The number of benzene rings is 2. The van der Waals surface area contributed by atoms with Crippen LogP contribution in [0.1, 0.15) is 26.9 Å². The van der Waals surface area contributed by atoms with Crippen molar-refractivity contribution in [1.82, 2.24) is 0 Å². The van der Waals surface area contributed by atoms with E-state index in [0.717, 1.165) is 0 Å². The van der Waals surface area contributed by atoms with Gasteiger partial charge >= 0.3 is 0 Å². The van der Waals surface area contributed by atoms with E-state index in [1.807, 2.05) is 35.7 Å². The third kappa shape index (κ3) is 4.22. The summed E-state index contributed by atoms with van der Waals surface area (Å²) in [6, 6.07) is 11.7. The van der Waals surface area contributed by atoms with Gasteiger partial charge in [0.2, 0.25) is 0 Å². The lowest BCUT2D eigenvalue weighted by molar-refractivity contribution is 0.102. The maximum absolute atomic E-state index is 13.7. The molecule has 0 radical (unpaired) electrons. The molecule has 23 heavy (non-hydrogen) atoms. The van der Waals surface area contributed by atoms with E-state index >= 15 is 0 Å². The summed E-state index contributed by atoms with van der Waals surface area (Å²) in [5.74, 6) is 1.48. The van der Waals surface area contributed by atoms with Crippen LogP contribution in [0.4, 0.5) is 10.1 Å². The quantitative estimate of drug-likeness (QED) is 0.765. The van der Waals surface area contributed by atoms with Crippen molar-refractivity contribution in [3.8, 4) is 0 Å². The van der Waals surface area contributed by atoms with Crippen molar-refractivity contribution in [1.29, 1.82) is 0 Å². The van der Waals surface area contributed by atoms with Gasteiger partial charge in [-0.05, 0) is 53.8 Å². The average Bonchev–Trinajstić information content (AvgIpc) is 2.58. The molecule has 1 N–H and O–H groups in total. The highest BCUT2D eigenvalue weighted by molar-refractivity contribution is 8.16. The maximum atomic E-state index is 13.7. The Bertz CT molecular complexity index is 702. The highest BCUT2D eigenvalue weighted by Crippen LogP contribution is 2.43. The zero-order valence-electron chi connectivity index (χ0n) is 12.2. The van der Waals surface area contributed by atoms with E-state index in [-0.39, 0.29) is 11.6 Å². The molecule has 0 atom stereocenters. The molecule has 2 nitrogen and oxygen atoms in total. The number of amides is 1. The molecule has 6 heteroatoms. The molecule has 120 valence electrons. The van der Waals surface area contributed by atoms with Gasteiger partial charge in [0.15, 0.2) is 0 Å². The third-order valence-corrected chi connectivity index (χ3v) is 6.70. The van der Waals surface area contributed by atoms with Crippen LogP contribution in [0.3, 0.4) is 0 Å². The minimum Gasteiger partial charge on any atom is -0.319 e. The number of carbonyl (C=O) groups is 1. The summed E-state index contributed by atoms with van der Waals surface area (Å²) in [5.41, 5.74) is 1.85. The lowest BCUT2D eigenvalue weighted by atomic mass is 10.1. The Morgan fingerprint density at radius 1 is 1.13 bits per heavy atom. The predicted octanol–water partition coefficient (Wildman–Crippen LogP) is 5.60. The van der Waals surface area contributed by atoms with Crippen LogP contribution in [-0.4, -0.2) is 17.4 Å². The zero-order chi connectivity index (χ0) is 16.2. The second-order valence-corrected chi connectivity index (χ2v) is 8.29. The first-order valence-corrected chi connectivity index (χ1v) is 9.70. The fraction of sp³-hybridized carbons (Fsp3) is 0.235. The molecular formula is C17H15ClFNOS2. The second-order valence-electron chi connectivity index (χ2n) is 5.13. The normalized spacial score (nSPS) is 15.4. The monoisotopic (exact) mass is 367 g/mol. The lowest BCUT2D eigenvalue weighted by Crippen LogP contribution is -2.13. The first-order chi connectivity index (χ1) is 11.1. The van der Waals surface area contributed by atoms with Crippen molar-refractivity contribution in [2.45, 2.75) is 11.0 Å². The molecule has 0 aliphatic carbocycles. The van der Waals surface area contributed by atoms with E-state index in [4.69, 9.17) is 11.6 Å². The molecule has 1 amide bonds. The van der Waals surface area contributed by atoms with Crippen molar-refractivity contribution in [2.75, 3.05) is 16.8 Å². The molecule has 0 bridgehead atoms. The maximum Gasteiger partial charge on any atom is 0.255 e. The van der Waals surface area contributed by atoms with E-state index in [9.17, 15) is 9.18 Å². The smallest absolute Gasteiger partial charge is 0.255 e. The Morgan fingerprint density at radius 2 is 1.83 bits per heavy atom. The second kappa shape index (κ2) is 7.60. The number of thioether (sulfide) groups is 2. The van der Waals surface area contributed by atoms with Crippen LogP contribution in [0.25, 0.3) is 0 Å². The number of anilines is 1. The lowest BCUT2D eigenvalue weighted by Gasteiger charge is -2.21. The van der Waals surface area contributed by atoms with Gasteiger partial charge in [-0.3, -0.25) is 4.79 Å². The molecule has 0 spiro atoms. The zero-order valence-corrected chi connectivity index (χ0v) is 14.6. The van der Waals surface area contributed by atoms with Gasteiger partial charge in [-0.25, -0.2) is 4.39 Å². The molecule has 1 saturated heterocycles. The van der Waals surface area contributed by atoms with Crippen molar-refractivity contribution < 1.29 is 9.18 Å². The highest BCUT2D eigenvalue weighted by Gasteiger charge is 2.17. The Balaban J connectivity index is 1.69. The van der Waals surface area contributed by atoms with Crippen LogP contribution >= 0.6 is 35.1 Å². The van der Waals surface area contributed by atoms with Gasteiger partial charge in [0.1, 0.15) is 5.82 Å². The first kappa shape index (κ1) is 16.7. The Labute approximate surface area is 148 Å². The van der Waals surface area contributed by atoms with Crippen LogP contribution in [-0.2, 0) is 0 Å². The Morgan fingerprint density at radius 3 is 2.48 bits per heavy atom. The standard InChI is InChI=1S/C17H15ClFNOS2/c18-13-6-7-15(14(19)10-13)20-16(21)11-2-4-12(5-3-11)17-22-8-1-9-23-17/h2-7,10,17H,1,8-9H2,(H,20,21). The van der Waals surface area contributed by atoms with Gasteiger partial charge in [-0.15, -0.1) is 23.5 Å². The SMILES string of the molecule is O=C(Nc1ccc(Cl)cc1F)c1ccc(C2SCCCS2)cc1. The summed E-state index contributed by atoms with van der Waals surface area (Å²) in [7, 11) is 0. The van der Waals surface area contributed by atoms with Gasteiger partial charge in [-0.2, -0.15) is 0 Å². The summed E-state index contributed by atoms with van der Waals surface area (Å²) >= 11 is 9.58. The predicted molar refractivity (Wildman–Crippen MR) is 98.1 cm³/mol. The molecule has 0 aromatic heterocycles. The Kier molecular flexibility index (Phi) is 5.51. The Hall–Kier alpha value is -1.17. The molecule has 0 unspecified atom stereocenters. The van der Waals surface area contributed by atoms with Crippen LogP contribution < -0.4 is 5.32 Å². The molecule has 1 fully saturated rings. The highest BCUT2D eigenvalue weighted by atomic mass is 35.5. The summed E-state index contributed by atoms with van der Waals surface area (Å²) in [4.78, 5) is 12.2. The van der Waals surface area contributed by atoms with Gasteiger partial charge < -0.3 is 5.32 Å². The minimum atomic E-state index is -0.544. The van der Waals surface area contributed by atoms with Gasteiger partial charge in [0.25, 0.3) is 5.91 Å². The number of hydrogen-bond donors (Lipinski definition) is 1. The molecule has 1 aliphatic heterocycles. The largest absolute Gasteiger partial charge is 0.319 e. The molecule has 1 heterocycles. The fourth-order valence-corrected chi connectivity index (χ4v) is 5.31. The van der Waals surface area contributed by atoms with Crippen molar-refractivity contribution in [2.24, 2.45) is 0 Å². The molecule has 2 aromatic rings. The van der Waals surface area contributed by atoms with E-state index in [0.29, 0.717) is 15.2 Å². The van der Waals surface area contributed by atoms with Crippen molar-refractivity contribution >= 4 is 46.7 Å². The van der Waals surface area contributed by atoms with Crippen LogP contribution in [0.5, 0.6) is 0 Å². The van der Waals surface area contributed by atoms with E-state index in [1.165, 1.54) is 35.6 Å². The number of halogens is 2. The van der Waals surface area contributed by atoms with Gasteiger partial charge in [0.05, 0.1) is 10.3 Å². The number of nitrogens with one attached hydrogen (secondary N) is 1. The number of hydrogen-bond acceptors (Lipinski definition) is 3. The molecule has 3 rings (SSSR count). The molecule has 1 aliphatic rings. The third-order valence-electron chi connectivity index (χ3n) is 3.45. The van der Waals surface area contributed by atoms with E-state index in [1.54, 1.807) is 18.2 Å². The number of carbonyl (C=O) groups excluding carboxylic acids is 1. The molecular weight excluding hydrogens is 353 g/mol. The minimum absolute atomic E-state index is 0.127. The van der Waals surface area contributed by atoms with Crippen LogP contribution in [0.15, 0.2) is 42.5 Å². The average molecular weight is 368 g/mol. The van der Waals surface area contributed by atoms with Crippen LogP contribution in [0, 0.1) is 5.82 Å². The van der Waals surface area contributed by atoms with Crippen molar-refractivity contribution in [3.05, 3.63) is 64.4 Å². The summed E-state index contributed by atoms with van der Waals surface area (Å²) in [6.45, 7) is 0. The number of rotatable bonds is 3. The fourth-order valence-electron chi connectivity index (χ4n) is 2.26. The summed E-state index contributed by atoms with van der Waals surface area (Å²) in [5, 5.41) is 2.87. The summed E-state index contributed by atoms with van der Waals surface area (Å²) < 4.78 is 14.2. The molecule has 2 aromatic carbocycles. The topological polar surface area (TPSA) is 29.1 Å². The van der Waals surface area contributed by atoms with Crippen molar-refractivity contribution in [3.63, 3.8) is 0 Å². The van der Waals surface area contributed by atoms with Crippen LogP contribution in [0.2, 0.25) is 5.02 Å². The first-order valence-electron chi connectivity index (χ1n) is 7.23. The van der Waals surface area contributed by atoms with Gasteiger partial charge in [0, 0.05) is 10.6 Å².